The van der Waals surface area contributed by atoms with E-state index in [1.807, 2.05) is 50.2 Å². The van der Waals surface area contributed by atoms with Gasteiger partial charge in [-0.3, -0.25) is 4.79 Å². The van der Waals surface area contributed by atoms with Crippen molar-refractivity contribution in [3.8, 4) is 5.75 Å². The monoisotopic (exact) mass is 430 g/mol. The van der Waals surface area contributed by atoms with Crippen LogP contribution in [-0.2, 0) is 6.42 Å². The molecule has 7 heteroatoms. The maximum absolute atomic E-state index is 12.1. The molecule has 2 rings (SSSR count). The molecule has 0 bridgehead atoms. The third-order valence-electron chi connectivity index (χ3n) is 4.29. The molecular weight excluding hydrogens is 400 g/mol. The Morgan fingerprint density at radius 1 is 1.17 bits per heavy atom. The number of ether oxygens (including phenoxy) is 1. The van der Waals surface area contributed by atoms with Crippen molar-refractivity contribution >= 4 is 23.5 Å². The first kappa shape index (κ1) is 23.5. The summed E-state index contributed by atoms with van der Waals surface area (Å²) >= 11 is 5.90. The van der Waals surface area contributed by atoms with Gasteiger partial charge >= 0.3 is 0 Å². The smallest absolute Gasteiger partial charge is 0.253 e. The minimum absolute atomic E-state index is 0.00869. The Hall–Kier alpha value is -2.73. The molecule has 0 spiro atoms. The summed E-state index contributed by atoms with van der Waals surface area (Å²) < 4.78 is 5.87. The van der Waals surface area contributed by atoms with Crippen molar-refractivity contribution in [2.45, 2.75) is 26.4 Å². The van der Waals surface area contributed by atoms with Gasteiger partial charge in [0.2, 0.25) is 0 Å². The van der Waals surface area contributed by atoms with Crippen molar-refractivity contribution in [3.63, 3.8) is 0 Å². The van der Waals surface area contributed by atoms with Crippen molar-refractivity contribution in [1.82, 2.24) is 15.5 Å². The zero-order chi connectivity index (χ0) is 21.9. The lowest BCUT2D eigenvalue weighted by Crippen LogP contribution is -2.39. The van der Waals surface area contributed by atoms with E-state index >= 15 is 0 Å². The number of aliphatic imine (C=N–C) groups is 1. The average molecular weight is 431 g/mol. The molecular formula is C23H31ClN4O2. The third kappa shape index (κ3) is 7.95. The Morgan fingerprint density at radius 2 is 1.90 bits per heavy atom. The normalized spacial score (nSPS) is 12.2. The lowest BCUT2D eigenvalue weighted by Gasteiger charge is -2.15. The molecule has 162 valence electrons. The van der Waals surface area contributed by atoms with Gasteiger partial charge in [0.25, 0.3) is 5.91 Å². The number of nitrogens with zero attached hydrogens (tertiary/aromatic N) is 2. The minimum atomic E-state index is -0.0737. The fourth-order valence-electron chi connectivity index (χ4n) is 2.79. The molecule has 0 heterocycles. The molecule has 0 saturated heterocycles. The van der Waals surface area contributed by atoms with Crippen LogP contribution < -0.4 is 15.4 Å². The molecule has 0 saturated carbocycles. The zero-order valence-corrected chi connectivity index (χ0v) is 18.9. The van der Waals surface area contributed by atoms with E-state index in [4.69, 9.17) is 16.3 Å². The van der Waals surface area contributed by atoms with Crippen LogP contribution >= 0.6 is 11.6 Å². The molecule has 1 unspecified atom stereocenters. The topological polar surface area (TPSA) is 66.0 Å². The van der Waals surface area contributed by atoms with Crippen LogP contribution in [0, 0.1) is 0 Å². The van der Waals surface area contributed by atoms with Gasteiger partial charge in [-0.25, -0.2) is 4.99 Å². The summed E-state index contributed by atoms with van der Waals surface area (Å²) in [6, 6.07) is 15.0. The lowest BCUT2D eigenvalue weighted by atomic mass is 10.1. The lowest BCUT2D eigenvalue weighted by molar-refractivity contribution is 0.0827. The summed E-state index contributed by atoms with van der Waals surface area (Å²) in [5, 5.41) is 7.27. The van der Waals surface area contributed by atoms with Gasteiger partial charge in [0, 0.05) is 37.8 Å². The Labute approximate surface area is 184 Å². The quantitative estimate of drug-likeness (QED) is 0.471. The van der Waals surface area contributed by atoms with E-state index in [9.17, 15) is 4.79 Å². The van der Waals surface area contributed by atoms with Crippen LogP contribution in [0.15, 0.2) is 53.5 Å². The SMILES string of the molecule is CCNC(=NCC(C)Oc1ccc(Cl)cc1)NCCc1cccc(C(=O)N(C)C)c1. The first-order valence-corrected chi connectivity index (χ1v) is 10.5. The number of nitrogens with one attached hydrogen (secondary N) is 2. The molecule has 30 heavy (non-hydrogen) atoms. The Morgan fingerprint density at radius 3 is 2.57 bits per heavy atom. The van der Waals surface area contributed by atoms with E-state index in [2.05, 4.69) is 15.6 Å². The number of carbonyl (C=O) groups excluding carboxylic acids is 1. The molecule has 0 fully saturated rings. The summed E-state index contributed by atoms with van der Waals surface area (Å²) in [5.74, 6) is 1.52. The van der Waals surface area contributed by atoms with E-state index < -0.39 is 0 Å². The van der Waals surface area contributed by atoms with Crippen molar-refractivity contribution in [2.75, 3.05) is 33.7 Å². The van der Waals surface area contributed by atoms with Gasteiger partial charge in [-0.05, 0) is 62.2 Å². The molecule has 1 atom stereocenters. The summed E-state index contributed by atoms with van der Waals surface area (Å²) in [7, 11) is 3.51. The number of hydrogen-bond donors (Lipinski definition) is 2. The highest BCUT2D eigenvalue weighted by molar-refractivity contribution is 6.30. The van der Waals surface area contributed by atoms with Crippen molar-refractivity contribution in [3.05, 3.63) is 64.7 Å². The number of carbonyl (C=O) groups is 1. The highest BCUT2D eigenvalue weighted by Gasteiger charge is 2.08. The fraction of sp³-hybridized carbons (Fsp3) is 0.391. The van der Waals surface area contributed by atoms with Crippen molar-refractivity contribution in [2.24, 2.45) is 4.99 Å². The molecule has 2 aromatic rings. The molecule has 1 amide bonds. The first-order valence-electron chi connectivity index (χ1n) is 10.1. The van der Waals surface area contributed by atoms with E-state index in [0.717, 1.165) is 30.2 Å². The molecule has 6 nitrogen and oxygen atoms in total. The molecule has 0 aliphatic carbocycles. The third-order valence-corrected chi connectivity index (χ3v) is 4.54. The predicted molar refractivity (Wildman–Crippen MR) is 124 cm³/mol. The van der Waals surface area contributed by atoms with Crippen LogP contribution in [-0.4, -0.2) is 56.6 Å². The predicted octanol–water partition coefficient (Wildman–Crippen LogP) is 3.61. The molecule has 0 aliphatic rings. The van der Waals surface area contributed by atoms with E-state index in [0.29, 0.717) is 23.7 Å². The van der Waals surface area contributed by atoms with Crippen molar-refractivity contribution in [1.29, 1.82) is 0 Å². The standard InChI is InChI=1S/C23H31ClN4O2/c1-5-25-23(27-16-17(2)30-21-11-9-20(24)10-12-21)26-14-13-18-7-6-8-19(15-18)22(29)28(3)4/h6-12,15,17H,5,13-14,16H2,1-4H3,(H2,25,26,27). The molecule has 0 radical (unpaired) electrons. The maximum Gasteiger partial charge on any atom is 0.253 e. The summed E-state index contributed by atoms with van der Waals surface area (Å²) in [6.07, 6.45) is 0.714. The number of benzene rings is 2. The summed E-state index contributed by atoms with van der Waals surface area (Å²) in [6.45, 7) is 6.00. The van der Waals surface area contributed by atoms with Crippen LogP contribution in [0.1, 0.15) is 29.8 Å². The van der Waals surface area contributed by atoms with Crippen LogP contribution in [0.25, 0.3) is 0 Å². The highest BCUT2D eigenvalue weighted by Crippen LogP contribution is 2.16. The van der Waals surface area contributed by atoms with E-state index in [1.165, 1.54) is 0 Å². The maximum atomic E-state index is 12.1. The number of rotatable bonds is 9. The van der Waals surface area contributed by atoms with Gasteiger partial charge in [-0.15, -0.1) is 0 Å². The first-order chi connectivity index (χ1) is 14.4. The largest absolute Gasteiger partial charge is 0.489 e. The van der Waals surface area contributed by atoms with Crippen LogP contribution in [0.2, 0.25) is 5.02 Å². The second kappa shape index (κ2) is 12.1. The van der Waals surface area contributed by atoms with Gasteiger partial charge in [0.15, 0.2) is 5.96 Å². The molecule has 2 N–H and O–H groups in total. The minimum Gasteiger partial charge on any atom is -0.489 e. The van der Waals surface area contributed by atoms with Gasteiger partial charge in [-0.2, -0.15) is 0 Å². The Balaban J connectivity index is 1.87. The Bertz CT molecular complexity index is 837. The molecule has 2 aromatic carbocycles. The van der Waals surface area contributed by atoms with Crippen LogP contribution in [0.5, 0.6) is 5.75 Å². The van der Waals surface area contributed by atoms with E-state index in [-0.39, 0.29) is 12.0 Å². The number of amides is 1. The van der Waals surface area contributed by atoms with Gasteiger partial charge in [0.05, 0.1) is 6.54 Å². The average Bonchev–Trinajstić information content (AvgIpc) is 2.73. The Kier molecular flexibility index (Phi) is 9.48. The summed E-state index contributed by atoms with van der Waals surface area (Å²) in [4.78, 5) is 18.3. The van der Waals surface area contributed by atoms with Crippen molar-refractivity contribution < 1.29 is 9.53 Å². The molecule has 0 aromatic heterocycles. The second-order valence-electron chi connectivity index (χ2n) is 7.18. The zero-order valence-electron chi connectivity index (χ0n) is 18.1. The van der Waals surface area contributed by atoms with Crippen LogP contribution in [0.4, 0.5) is 0 Å². The summed E-state index contributed by atoms with van der Waals surface area (Å²) in [5.41, 5.74) is 1.80. The molecule has 0 aliphatic heterocycles. The number of guanidine groups is 1. The second-order valence-corrected chi connectivity index (χ2v) is 7.62. The highest BCUT2D eigenvalue weighted by atomic mass is 35.5. The van der Waals surface area contributed by atoms with E-state index in [1.54, 1.807) is 31.1 Å². The van der Waals surface area contributed by atoms with Gasteiger partial charge < -0.3 is 20.3 Å². The number of halogens is 1. The van der Waals surface area contributed by atoms with Crippen LogP contribution in [0.3, 0.4) is 0 Å². The number of hydrogen-bond acceptors (Lipinski definition) is 3. The van der Waals surface area contributed by atoms with Gasteiger partial charge in [-0.1, -0.05) is 23.7 Å². The van der Waals surface area contributed by atoms with Gasteiger partial charge in [0.1, 0.15) is 11.9 Å². The fourth-order valence-corrected chi connectivity index (χ4v) is 2.91.